The van der Waals surface area contributed by atoms with Crippen LogP contribution >= 0.6 is 0 Å². The van der Waals surface area contributed by atoms with Gasteiger partial charge in [0, 0.05) is 31.7 Å². The number of nitrogens with zero attached hydrogens (tertiary/aromatic N) is 4. The Kier molecular flexibility index (Phi) is 8.69. The van der Waals surface area contributed by atoms with Crippen LogP contribution in [0.1, 0.15) is 60.2 Å². The maximum Gasteiger partial charge on any atom is 0.248 e. The van der Waals surface area contributed by atoms with Crippen LogP contribution in [0.25, 0.3) is 11.2 Å². The van der Waals surface area contributed by atoms with E-state index in [1.165, 1.54) is 0 Å². The summed E-state index contributed by atoms with van der Waals surface area (Å²) in [6.45, 7) is 4.71. The minimum absolute atomic E-state index is 0.0590. The smallest absolute Gasteiger partial charge is 0.248 e. The molecule has 3 heterocycles. The number of nitrogens with one attached hydrogen (secondary N) is 1. The third kappa shape index (κ3) is 6.28. The molecule has 1 saturated heterocycles. The minimum atomic E-state index is -0.876. The number of nitrogens with two attached hydrogens (primary N) is 1. The standard InChI is InChI=1S/C33H38N6O3/c34-30(25-7-2-1-3-8-25)33(41)37-32(40)27-10-5-4-9-26(27)24-14-12-23(13-15-24)21-39-28-11-6-16-35-31(28)36-29(39)22-38-17-19-42-20-18-38/h1-3,6-8,11-16,26-27,30H,4-5,9-10,17-22,34H2,(H,37,40,41)/t26-,27+,30-/m0/s1. The van der Waals surface area contributed by atoms with E-state index in [1.807, 2.05) is 24.3 Å². The summed E-state index contributed by atoms with van der Waals surface area (Å²) in [7, 11) is 0. The van der Waals surface area contributed by atoms with E-state index < -0.39 is 11.9 Å². The number of imide groups is 1. The molecule has 1 aliphatic heterocycles. The summed E-state index contributed by atoms with van der Waals surface area (Å²) in [5.41, 5.74) is 10.9. The van der Waals surface area contributed by atoms with Gasteiger partial charge in [0.25, 0.3) is 0 Å². The summed E-state index contributed by atoms with van der Waals surface area (Å²) >= 11 is 0. The predicted molar refractivity (Wildman–Crippen MR) is 160 cm³/mol. The highest BCUT2D eigenvalue weighted by atomic mass is 16.5. The average molecular weight is 567 g/mol. The van der Waals surface area contributed by atoms with E-state index in [9.17, 15) is 9.59 Å². The molecule has 2 aliphatic rings. The van der Waals surface area contributed by atoms with E-state index in [1.54, 1.807) is 18.3 Å². The van der Waals surface area contributed by atoms with Crippen molar-refractivity contribution in [3.8, 4) is 0 Å². The van der Waals surface area contributed by atoms with Gasteiger partial charge in [-0.1, -0.05) is 67.4 Å². The molecule has 1 saturated carbocycles. The zero-order chi connectivity index (χ0) is 28.9. The van der Waals surface area contributed by atoms with Gasteiger partial charge in [-0.05, 0) is 47.6 Å². The monoisotopic (exact) mass is 566 g/mol. The Morgan fingerprint density at radius 3 is 2.50 bits per heavy atom. The van der Waals surface area contributed by atoms with Crippen molar-refractivity contribution in [1.29, 1.82) is 0 Å². The number of fused-ring (bicyclic) bond motifs is 1. The van der Waals surface area contributed by atoms with Gasteiger partial charge in [-0.3, -0.25) is 19.8 Å². The molecule has 2 amide bonds. The Hall–Kier alpha value is -3.92. The zero-order valence-electron chi connectivity index (χ0n) is 23.8. The van der Waals surface area contributed by atoms with E-state index in [4.69, 9.17) is 15.5 Å². The third-order valence-corrected chi connectivity index (χ3v) is 8.61. The maximum absolute atomic E-state index is 13.3. The molecule has 9 nitrogen and oxygen atoms in total. The normalized spacial score (nSPS) is 20.3. The number of pyridine rings is 1. The first-order valence-electron chi connectivity index (χ1n) is 14.9. The van der Waals surface area contributed by atoms with Gasteiger partial charge in [0.1, 0.15) is 11.9 Å². The quantitative estimate of drug-likeness (QED) is 0.332. The molecule has 42 heavy (non-hydrogen) atoms. The number of rotatable bonds is 8. The molecule has 0 unspecified atom stereocenters. The van der Waals surface area contributed by atoms with Gasteiger partial charge in [0.2, 0.25) is 11.8 Å². The number of hydrogen-bond donors (Lipinski definition) is 2. The number of imidazole rings is 1. The Morgan fingerprint density at radius 2 is 1.71 bits per heavy atom. The van der Waals surface area contributed by atoms with E-state index in [2.05, 4.69) is 50.1 Å². The largest absolute Gasteiger partial charge is 0.379 e. The van der Waals surface area contributed by atoms with E-state index in [0.29, 0.717) is 12.1 Å². The van der Waals surface area contributed by atoms with Crippen molar-refractivity contribution in [2.45, 2.75) is 50.7 Å². The first-order chi connectivity index (χ1) is 20.6. The van der Waals surface area contributed by atoms with Gasteiger partial charge in [0.05, 0.1) is 25.3 Å². The highest BCUT2D eigenvalue weighted by Gasteiger charge is 2.33. The fourth-order valence-corrected chi connectivity index (χ4v) is 6.26. The van der Waals surface area contributed by atoms with Crippen molar-refractivity contribution in [2.24, 2.45) is 11.7 Å². The molecule has 0 spiro atoms. The van der Waals surface area contributed by atoms with Gasteiger partial charge in [0.15, 0.2) is 5.65 Å². The van der Waals surface area contributed by atoms with Gasteiger partial charge < -0.3 is 15.0 Å². The van der Waals surface area contributed by atoms with Crippen molar-refractivity contribution in [2.75, 3.05) is 26.3 Å². The molecular weight excluding hydrogens is 528 g/mol. The fourth-order valence-electron chi connectivity index (χ4n) is 6.26. The van der Waals surface area contributed by atoms with Crippen molar-refractivity contribution in [1.82, 2.24) is 24.8 Å². The Morgan fingerprint density at radius 1 is 0.952 bits per heavy atom. The first-order valence-corrected chi connectivity index (χ1v) is 14.9. The number of ether oxygens (including phenoxy) is 1. The summed E-state index contributed by atoms with van der Waals surface area (Å²) in [5, 5.41) is 2.61. The number of carbonyl (C=O) groups is 2. The summed E-state index contributed by atoms with van der Waals surface area (Å²) in [5.74, 6) is 0.104. The first kappa shape index (κ1) is 28.2. The van der Waals surface area contributed by atoms with Crippen LogP contribution in [0.3, 0.4) is 0 Å². The third-order valence-electron chi connectivity index (χ3n) is 8.61. The lowest BCUT2D eigenvalue weighted by Crippen LogP contribution is -2.43. The summed E-state index contributed by atoms with van der Waals surface area (Å²) in [6, 6.07) is 20.9. The summed E-state index contributed by atoms with van der Waals surface area (Å²) in [6.07, 6.45) is 5.49. The van der Waals surface area contributed by atoms with E-state index in [-0.39, 0.29) is 17.7 Å². The van der Waals surface area contributed by atoms with Crippen LogP contribution in [0.5, 0.6) is 0 Å². The predicted octanol–water partition coefficient (Wildman–Crippen LogP) is 3.93. The van der Waals surface area contributed by atoms with Crippen LogP contribution in [0.2, 0.25) is 0 Å². The van der Waals surface area contributed by atoms with E-state index >= 15 is 0 Å². The second-order valence-electron chi connectivity index (χ2n) is 11.3. The molecule has 218 valence electrons. The molecule has 2 fully saturated rings. The summed E-state index contributed by atoms with van der Waals surface area (Å²) in [4.78, 5) is 37.9. The van der Waals surface area contributed by atoms with Gasteiger partial charge in [-0.15, -0.1) is 0 Å². The highest BCUT2D eigenvalue weighted by Crippen LogP contribution is 2.38. The van der Waals surface area contributed by atoms with Gasteiger partial charge in [-0.25, -0.2) is 9.97 Å². The molecule has 0 radical (unpaired) electrons. The zero-order valence-corrected chi connectivity index (χ0v) is 23.8. The Bertz CT molecular complexity index is 1510. The van der Waals surface area contributed by atoms with Crippen LogP contribution < -0.4 is 11.1 Å². The molecule has 9 heteroatoms. The Labute approximate surface area is 246 Å². The van der Waals surface area contributed by atoms with Crippen molar-refractivity contribution in [3.05, 3.63) is 95.4 Å². The van der Waals surface area contributed by atoms with E-state index in [0.717, 1.165) is 86.6 Å². The molecule has 0 bridgehead atoms. The number of morpholine rings is 1. The maximum atomic E-state index is 13.3. The number of amides is 2. The number of hydrogen-bond acceptors (Lipinski definition) is 7. The topological polar surface area (TPSA) is 115 Å². The van der Waals surface area contributed by atoms with Crippen LogP contribution in [0, 0.1) is 5.92 Å². The van der Waals surface area contributed by atoms with Crippen molar-refractivity contribution < 1.29 is 14.3 Å². The van der Waals surface area contributed by atoms with Crippen LogP contribution in [-0.4, -0.2) is 57.6 Å². The minimum Gasteiger partial charge on any atom is -0.379 e. The fraction of sp³-hybridized carbons (Fsp3) is 0.394. The Balaban J connectivity index is 1.16. The lowest BCUT2D eigenvalue weighted by molar-refractivity contribution is -0.134. The molecule has 2 aromatic carbocycles. The molecule has 3 N–H and O–H groups in total. The number of aromatic nitrogens is 3. The van der Waals surface area contributed by atoms with Crippen LogP contribution in [0.4, 0.5) is 0 Å². The molecule has 4 aromatic rings. The van der Waals surface area contributed by atoms with Crippen molar-refractivity contribution >= 4 is 23.0 Å². The number of carbonyl (C=O) groups excluding carboxylic acids is 2. The molecule has 2 aromatic heterocycles. The average Bonchev–Trinajstić information content (AvgIpc) is 3.38. The molecule has 6 rings (SSSR count). The van der Waals surface area contributed by atoms with Crippen molar-refractivity contribution in [3.63, 3.8) is 0 Å². The molecular formula is C33H38N6O3. The molecule has 3 atom stereocenters. The van der Waals surface area contributed by atoms with Gasteiger partial charge >= 0.3 is 0 Å². The van der Waals surface area contributed by atoms with Gasteiger partial charge in [-0.2, -0.15) is 0 Å². The summed E-state index contributed by atoms with van der Waals surface area (Å²) < 4.78 is 7.78. The lowest BCUT2D eigenvalue weighted by atomic mass is 9.75. The second-order valence-corrected chi connectivity index (χ2v) is 11.3. The van der Waals surface area contributed by atoms with Crippen LogP contribution in [-0.2, 0) is 27.4 Å². The SMILES string of the molecule is N[C@H](C(=O)NC(=O)[C@@H]1CCCC[C@H]1c1ccc(Cn2c(CN3CCOCC3)nc3ncccc32)cc1)c1ccccc1. The van der Waals surface area contributed by atoms with Crippen LogP contribution in [0.15, 0.2) is 72.9 Å². The second kappa shape index (κ2) is 12.9. The molecule has 1 aliphatic carbocycles. The lowest BCUT2D eigenvalue weighted by Gasteiger charge is -2.31. The number of benzene rings is 2. The highest BCUT2D eigenvalue weighted by molar-refractivity contribution is 5.99.